The quantitative estimate of drug-likeness (QED) is 0.608. The highest BCUT2D eigenvalue weighted by atomic mass is 15.3. The molecule has 1 atom stereocenters. The Labute approximate surface area is 169 Å². The molecule has 2 nitrogen and oxygen atoms in total. The zero-order valence-electron chi connectivity index (χ0n) is 17.0. The molecule has 0 bridgehead atoms. The Hall–Kier alpha value is -2.42. The Kier molecular flexibility index (Phi) is 5.90. The van der Waals surface area contributed by atoms with E-state index in [1.165, 1.54) is 27.8 Å². The fraction of sp³-hybridized carbons (Fsp3) is 0.308. The first-order valence-corrected chi connectivity index (χ1v) is 10.3. The first-order valence-electron chi connectivity index (χ1n) is 10.3. The van der Waals surface area contributed by atoms with Crippen LogP contribution >= 0.6 is 0 Å². The molecule has 3 aromatic carbocycles. The van der Waals surface area contributed by atoms with Gasteiger partial charge in [0.25, 0.3) is 0 Å². The van der Waals surface area contributed by atoms with Crippen molar-refractivity contribution in [1.29, 1.82) is 0 Å². The van der Waals surface area contributed by atoms with E-state index in [2.05, 4.69) is 103 Å². The summed E-state index contributed by atoms with van der Waals surface area (Å²) in [6.45, 7) is 9.81. The van der Waals surface area contributed by atoms with Gasteiger partial charge in [-0.1, -0.05) is 90.0 Å². The molecule has 0 unspecified atom stereocenters. The standard InChI is InChI=1S/C26H30N2/c1-21-11-13-25(14-12-21)26(24-9-4-3-5-10-24)28-17-15-27(16-18-28)20-23-8-6-7-22(2)19-23/h3-14,19,26H,15-18,20H2,1-2H3/t26-/m0/s1. The molecule has 0 radical (unpaired) electrons. The lowest BCUT2D eigenvalue weighted by molar-refractivity contribution is 0.105. The van der Waals surface area contributed by atoms with Gasteiger partial charge in [0.15, 0.2) is 0 Å². The zero-order chi connectivity index (χ0) is 19.3. The summed E-state index contributed by atoms with van der Waals surface area (Å²) in [5.41, 5.74) is 6.87. The van der Waals surface area contributed by atoms with Gasteiger partial charge in [-0.3, -0.25) is 9.80 Å². The van der Waals surface area contributed by atoms with Crippen LogP contribution in [0.5, 0.6) is 0 Å². The van der Waals surface area contributed by atoms with Gasteiger partial charge in [0, 0.05) is 32.7 Å². The second kappa shape index (κ2) is 8.72. The van der Waals surface area contributed by atoms with Crippen LogP contribution in [0.25, 0.3) is 0 Å². The maximum absolute atomic E-state index is 2.65. The molecule has 1 aliphatic rings. The van der Waals surface area contributed by atoms with Crippen molar-refractivity contribution in [3.63, 3.8) is 0 Å². The van der Waals surface area contributed by atoms with Gasteiger partial charge in [0.05, 0.1) is 6.04 Å². The molecule has 1 heterocycles. The summed E-state index contributed by atoms with van der Waals surface area (Å²) in [6.07, 6.45) is 0. The van der Waals surface area contributed by atoms with Crippen molar-refractivity contribution in [2.75, 3.05) is 26.2 Å². The van der Waals surface area contributed by atoms with Crippen molar-refractivity contribution in [2.24, 2.45) is 0 Å². The second-order valence-corrected chi connectivity index (χ2v) is 8.03. The molecule has 1 saturated heterocycles. The Morgan fingerprint density at radius 3 is 2.04 bits per heavy atom. The number of benzene rings is 3. The summed E-state index contributed by atoms with van der Waals surface area (Å²) < 4.78 is 0. The lowest BCUT2D eigenvalue weighted by Crippen LogP contribution is -2.47. The molecule has 28 heavy (non-hydrogen) atoms. The highest BCUT2D eigenvalue weighted by Crippen LogP contribution is 2.30. The van der Waals surface area contributed by atoms with Crippen molar-refractivity contribution in [1.82, 2.24) is 9.80 Å². The van der Waals surface area contributed by atoms with E-state index in [0.717, 1.165) is 32.7 Å². The van der Waals surface area contributed by atoms with Crippen molar-refractivity contribution < 1.29 is 0 Å². The van der Waals surface area contributed by atoms with Gasteiger partial charge in [0.1, 0.15) is 0 Å². The van der Waals surface area contributed by atoms with E-state index in [1.54, 1.807) is 0 Å². The predicted molar refractivity (Wildman–Crippen MR) is 117 cm³/mol. The lowest BCUT2D eigenvalue weighted by atomic mass is 9.95. The van der Waals surface area contributed by atoms with E-state index in [-0.39, 0.29) is 0 Å². The molecular weight excluding hydrogens is 340 g/mol. The van der Waals surface area contributed by atoms with Crippen LogP contribution in [-0.2, 0) is 6.54 Å². The minimum atomic E-state index is 0.336. The monoisotopic (exact) mass is 370 g/mol. The van der Waals surface area contributed by atoms with E-state index < -0.39 is 0 Å². The van der Waals surface area contributed by atoms with Crippen molar-refractivity contribution >= 4 is 0 Å². The van der Waals surface area contributed by atoms with Gasteiger partial charge < -0.3 is 0 Å². The summed E-state index contributed by atoms with van der Waals surface area (Å²) >= 11 is 0. The smallest absolute Gasteiger partial charge is 0.0602 e. The fourth-order valence-electron chi connectivity index (χ4n) is 4.25. The molecule has 144 valence electrons. The maximum atomic E-state index is 2.65. The Balaban J connectivity index is 1.48. The van der Waals surface area contributed by atoms with Crippen LogP contribution in [-0.4, -0.2) is 36.0 Å². The van der Waals surface area contributed by atoms with Crippen LogP contribution < -0.4 is 0 Å². The zero-order valence-corrected chi connectivity index (χ0v) is 17.0. The summed E-state index contributed by atoms with van der Waals surface area (Å²) in [6, 6.07) is 29.3. The lowest BCUT2D eigenvalue weighted by Gasteiger charge is -2.40. The maximum Gasteiger partial charge on any atom is 0.0602 e. The molecule has 0 amide bonds. The van der Waals surface area contributed by atoms with Gasteiger partial charge in [-0.05, 0) is 30.5 Å². The Morgan fingerprint density at radius 1 is 0.679 bits per heavy atom. The summed E-state index contributed by atoms with van der Waals surface area (Å²) in [5, 5.41) is 0. The van der Waals surface area contributed by atoms with E-state index >= 15 is 0 Å². The third kappa shape index (κ3) is 4.52. The molecule has 3 aromatic rings. The highest BCUT2D eigenvalue weighted by molar-refractivity contribution is 5.33. The van der Waals surface area contributed by atoms with E-state index in [1.807, 2.05) is 0 Å². The molecule has 0 saturated carbocycles. The third-order valence-corrected chi connectivity index (χ3v) is 5.77. The van der Waals surface area contributed by atoms with Crippen LogP contribution in [0, 0.1) is 13.8 Å². The molecule has 2 heteroatoms. The van der Waals surface area contributed by atoms with Gasteiger partial charge in [0.2, 0.25) is 0 Å². The molecule has 4 rings (SSSR count). The molecule has 0 N–H and O–H groups in total. The molecule has 0 spiro atoms. The second-order valence-electron chi connectivity index (χ2n) is 8.03. The first-order chi connectivity index (χ1) is 13.7. The number of nitrogens with zero attached hydrogens (tertiary/aromatic N) is 2. The highest BCUT2D eigenvalue weighted by Gasteiger charge is 2.26. The number of piperazine rings is 1. The van der Waals surface area contributed by atoms with E-state index in [4.69, 9.17) is 0 Å². The number of aryl methyl sites for hydroxylation is 2. The Bertz CT molecular complexity index is 878. The van der Waals surface area contributed by atoms with Crippen molar-refractivity contribution in [3.05, 3.63) is 107 Å². The largest absolute Gasteiger partial charge is 0.297 e. The van der Waals surface area contributed by atoms with Gasteiger partial charge >= 0.3 is 0 Å². The SMILES string of the molecule is Cc1ccc([C@H](c2ccccc2)N2CCN(Cc3cccc(C)c3)CC2)cc1. The molecule has 1 fully saturated rings. The van der Waals surface area contributed by atoms with E-state index in [9.17, 15) is 0 Å². The number of hydrogen-bond acceptors (Lipinski definition) is 2. The van der Waals surface area contributed by atoms with Crippen molar-refractivity contribution in [3.8, 4) is 0 Å². The number of hydrogen-bond donors (Lipinski definition) is 0. The number of rotatable bonds is 5. The normalized spacial score (nSPS) is 16.8. The summed E-state index contributed by atoms with van der Waals surface area (Å²) in [5.74, 6) is 0. The summed E-state index contributed by atoms with van der Waals surface area (Å²) in [7, 11) is 0. The van der Waals surface area contributed by atoms with Crippen LogP contribution in [0.4, 0.5) is 0 Å². The van der Waals surface area contributed by atoms with Crippen molar-refractivity contribution in [2.45, 2.75) is 26.4 Å². The molecule has 0 aliphatic carbocycles. The fourth-order valence-corrected chi connectivity index (χ4v) is 4.25. The molecular formula is C26H30N2. The molecule has 0 aromatic heterocycles. The first kappa shape index (κ1) is 18.9. The summed E-state index contributed by atoms with van der Waals surface area (Å²) in [4.78, 5) is 5.23. The predicted octanol–water partition coefficient (Wildman–Crippen LogP) is 5.21. The van der Waals surface area contributed by atoms with Crippen LogP contribution in [0.2, 0.25) is 0 Å². The average molecular weight is 371 g/mol. The van der Waals surface area contributed by atoms with Crippen LogP contribution in [0.15, 0.2) is 78.9 Å². The average Bonchev–Trinajstić information content (AvgIpc) is 2.72. The Morgan fingerprint density at radius 2 is 1.36 bits per heavy atom. The minimum Gasteiger partial charge on any atom is -0.297 e. The molecule has 1 aliphatic heterocycles. The van der Waals surface area contributed by atoms with Gasteiger partial charge in [-0.2, -0.15) is 0 Å². The van der Waals surface area contributed by atoms with Gasteiger partial charge in [-0.15, -0.1) is 0 Å². The van der Waals surface area contributed by atoms with Gasteiger partial charge in [-0.25, -0.2) is 0 Å². The van der Waals surface area contributed by atoms with Crippen LogP contribution in [0.1, 0.15) is 33.9 Å². The minimum absolute atomic E-state index is 0.336. The van der Waals surface area contributed by atoms with Crippen LogP contribution in [0.3, 0.4) is 0 Å². The third-order valence-electron chi connectivity index (χ3n) is 5.77. The topological polar surface area (TPSA) is 6.48 Å². The van der Waals surface area contributed by atoms with E-state index in [0.29, 0.717) is 6.04 Å².